The maximum Gasteiger partial charge on any atom is 0.294 e. The van der Waals surface area contributed by atoms with Gasteiger partial charge in [-0.2, -0.15) is 0 Å². The number of carbonyl (C=O) groups is 2. The Balaban J connectivity index is 2.22. The number of hydrogen-bond donors (Lipinski definition) is 2. The number of hydrogen-bond acceptors (Lipinski definition) is 6. The van der Waals surface area contributed by atoms with E-state index in [1.165, 1.54) is 27.2 Å². The minimum Gasteiger partial charge on any atom is -0.495 e. The first-order chi connectivity index (χ1) is 10.5. The Hall–Kier alpha value is -3.03. The van der Waals surface area contributed by atoms with E-state index < -0.39 is 5.91 Å². The van der Waals surface area contributed by atoms with Gasteiger partial charge in [0, 0.05) is 12.6 Å². The van der Waals surface area contributed by atoms with Gasteiger partial charge in [0.2, 0.25) is 11.7 Å². The average Bonchev–Trinajstić information content (AvgIpc) is 2.96. The zero-order valence-electron chi connectivity index (χ0n) is 12.3. The minimum atomic E-state index is -0.519. The summed E-state index contributed by atoms with van der Waals surface area (Å²) in [6.45, 7) is 1.39. The average molecular weight is 305 g/mol. The van der Waals surface area contributed by atoms with Crippen LogP contribution in [0.25, 0.3) is 0 Å². The highest BCUT2D eigenvalue weighted by atomic mass is 16.5. The Morgan fingerprint density at radius 3 is 2.50 bits per heavy atom. The molecule has 8 nitrogen and oxygen atoms in total. The van der Waals surface area contributed by atoms with Crippen molar-refractivity contribution in [3.05, 3.63) is 30.0 Å². The van der Waals surface area contributed by atoms with Crippen molar-refractivity contribution < 1.29 is 23.6 Å². The van der Waals surface area contributed by atoms with E-state index in [0.717, 1.165) is 0 Å². The SMILES string of the molecule is COc1cc(C(=O)Nc2cc(NC(C)=O)ccc2OC)on1. The van der Waals surface area contributed by atoms with Crippen molar-refractivity contribution in [2.45, 2.75) is 6.92 Å². The smallest absolute Gasteiger partial charge is 0.294 e. The molecule has 116 valence electrons. The van der Waals surface area contributed by atoms with Gasteiger partial charge in [-0.15, -0.1) is 0 Å². The molecule has 0 aliphatic carbocycles. The number of rotatable bonds is 5. The van der Waals surface area contributed by atoms with Crippen molar-refractivity contribution in [3.63, 3.8) is 0 Å². The fraction of sp³-hybridized carbons (Fsp3) is 0.214. The number of carbonyl (C=O) groups excluding carboxylic acids is 2. The number of nitrogens with zero attached hydrogens (tertiary/aromatic N) is 1. The third-order valence-electron chi connectivity index (χ3n) is 2.69. The highest BCUT2D eigenvalue weighted by Crippen LogP contribution is 2.28. The summed E-state index contributed by atoms with van der Waals surface area (Å²) in [4.78, 5) is 23.2. The monoisotopic (exact) mass is 305 g/mol. The molecular weight excluding hydrogens is 290 g/mol. The molecule has 2 rings (SSSR count). The number of nitrogens with one attached hydrogen (secondary N) is 2. The zero-order chi connectivity index (χ0) is 16.1. The van der Waals surface area contributed by atoms with Crippen LogP contribution in [0.15, 0.2) is 28.8 Å². The summed E-state index contributed by atoms with van der Waals surface area (Å²) in [5, 5.41) is 8.80. The molecule has 0 fully saturated rings. The predicted molar refractivity (Wildman–Crippen MR) is 78.3 cm³/mol. The standard InChI is InChI=1S/C14H15N3O5/c1-8(18)15-9-4-5-11(20-2)10(6-9)16-14(19)12-7-13(21-3)17-22-12/h4-7H,1-3H3,(H,15,18)(H,16,19). The molecule has 0 radical (unpaired) electrons. The highest BCUT2D eigenvalue weighted by Gasteiger charge is 2.16. The number of ether oxygens (including phenoxy) is 2. The Kier molecular flexibility index (Phi) is 4.62. The predicted octanol–water partition coefficient (Wildman–Crippen LogP) is 1.90. The molecule has 0 saturated heterocycles. The number of amides is 2. The summed E-state index contributed by atoms with van der Waals surface area (Å²) in [6.07, 6.45) is 0. The lowest BCUT2D eigenvalue weighted by Gasteiger charge is -2.11. The molecule has 0 saturated carbocycles. The molecule has 0 aliphatic heterocycles. The molecule has 2 amide bonds. The van der Waals surface area contributed by atoms with Gasteiger partial charge in [0.15, 0.2) is 0 Å². The summed E-state index contributed by atoms with van der Waals surface area (Å²) >= 11 is 0. The second-order valence-electron chi connectivity index (χ2n) is 4.28. The molecule has 0 unspecified atom stereocenters. The van der Waals surface area contributed by atoms with Crippen LogP contribution in [0.4, 0.5) is 11.4 Å². The molecule has 0 aliphatic rings. The molecule has 0 spiro atoms. The largest absolute Gasteiger partial charge is 0.495 e. The van der Waals surface area contributed by atoms with Crippen molar-refractivity contribution in [2.75, 3.05) is 24.9 Å². The van der Waals surface area contributed by atoms with Crippen LogP contribution in [0.1, 0.15) is 17.5 Å². The van der Waals surface area contributed by atoms with E-state index in [-0.39, 0.29) is 17.5 Å². The van der Waals surface area contributed by atoms with Gasteiger partial charge in [0.25, 0.3) is 11.8 Å². The molecule has 2 N–H and O–H groups in total. The van der Waals surface area contributed by atoms with Gasteiger partial charge in [-0.1, -0.05) is 0 Å². The van der Waals surface area contributed by atoms with E-state index in [1.54, 1.807) is 18.2 Å². The van der Waals surface area contributed by atoms with E-state index in [1.807, 2.05) is 0 Å². The normalized spacial score (nSPS) is 9.95. The highest BCUT2D eigenvalue weighted by molar-refractivity contribution is 6.03. The van der Waals surface area contributed by atoms with Gasteiger partial charge in [-0.05, 0) is 23.4 Å². The van der Waals surface area contributed by atoms with E-state index in [4.69, 9.17) is 14.0 Å². The van der Waals surface area contributed by atoms with Crippen LogP contribution < -0.4 is 20.1 Å². The minimum absolute atomic E-state index is 0.0103. The maximum absolute atomic E-state index is 12.1. The lowest BCUT2D eigenvalue weighted by molar-refractivity contribution is -0.114. The van der Waals surface area contributed by atoms with E-state index in [0.29, 0.717) is 17.1 Å². The van der Waals surface area contributed by atoms with E-state index >= 15 is 0 Å². The van der Waals surface area contributed by atoms with Crippen LogP contribution in [-0.4, -0.2) is 31.2 Å². The van der Waals surface area contributed by atoms with Gasteiger partial charge >= 0.3 is 0 Å². The second-order valence-corrected chi connectivity index (χ2v) is 4.28. The van der Waals surface area contributed by atoms with Crippen LogP contribution in [-0.2, 0) is 4.79 Å². The van der Waals surface area contributed by atoms with Gasteiger partial charge in [0.05, 0.1) is 26.0 Å². The zero-order valence-corrected chi connectivity index (χ0v) is 12.3. The van der Waals surface area contributed by atoms with Gasteiger partial charge in [0.1, 0.15) is 5.75 Å². The topological polar surface area (TPSA) is 103 Å². The molecular formula is C14H15N3O5. The van der Waals surface area contributed by atoms with Gasteiger partial charge in [-0.25, -0.2) is 0 Å². The molecule has 2 aromatic rings. The summed E-state index contributed by atoms with van der Waals surface area (Å²) in [7, 11) is 2.89. The van der Waals surface area contributed by atoms with Crippen molar-refractivity contribution >= 4 is 23.2 Å². The lowest BCUT2D eigenvalue weighted by atomic mass is 10.2. The summed E-state index contributed by atoms with van der Waals surface area (Å²) in [6, 6.07) is 6.22. The number of methoxy groups -OCH3 is 2. The Morgan fingerprint density at radius 1 is 1.14 bits per heavy atom. The maximum atomic E-state index is 12.1. The molecule has 1 heterocycles. The molecule has 8 heteroatoms. The second kappa shape index (κ2) is 6.61. The van der Waals surface area contributed by atoms with Crippen molar-refractivity contribution in [1.29, 1.82) is 0 Å². The van der Waals surface area contributed by atoms with Crippen LogP contribution in [0, 0.1) is 0 Å². The molecule has 1 aromatic heterocycles. The van der Waals surface area contributed by atoms with Crippen LogP contribution in [0.3, 0.4) is 0 Å². The lowest BCUT2D eigenvalue weighted by Crippen LogP contribution is -2.13. The first-order valence-electron chi connectivity index (χ1n) is 6.31. The van der Waals surface area contributed by atoms with Crippen LogP contribution in [0.5, 0.6) is 11.6 Å². The summed E-state index contributed by atoms with van der Waals surface area (Å²) in [5.41, 5.74) is 0.910. The first kappa shape index (κ1) is 15.4. The number of benzene rings is 1. The van der Waals surface area contributed by atoms with Crippen molar-refractivity contribution in [3.8, 4) is 11.6 Å². The third-order valence-corrected chi connectivity index (χ3v) is 2.69. The van der Waals surface area contributed by atoms with E-state index in [9.17, 15) is 9.59 Å². The van der Waals surface area contributed by atoms with E-state index in [2.05, 4.69) is 15.8 Å². The Morgan fingerprint density at radius 2 is 1.91 bits per heavy atom. The third kappa shape index (κ3) is 3.54. The van der Waals surface area contributed by atoms with Crippen molar-refractivity contribution in [2.24, 2.45) is 0 Å². The van der Waals surface area contributed by atoms with Gasteiger partial charge < -0.3 is 24.6 Å². The fourth-order valence-electron chi connectivity index (χ4n) is 1.73. The van der Waals surface area contributed by atoms with Crippen LogP contribution in [0.2, 0.25) is 0 Å². The number of aromatic nitrogens is 1. The quantitative estimate of drug-likeness (QED) is 0.874. The fourth-order valence-corrected chi connectivity index (χ4v) is 1.73. The molecule has 22 heavy (non-hydrogen) atoms. The van der Waals surface area contributed by atoms with Gasteiger partial charge in [-0.3, -0.25) is 9.59 Å². The molecule has 1 aromatic carbocycles. The summed E-state index contributed by atoms with van der Waals surface area (Å²) in [5.74, 6) is -0.113. The van der Waals surface area contributed by atoms with Crippen LogP contribution >= 0.6 is 0 Å². The molecule has 0 atom stereocenters. The first-order valence-corrected chi connectivity index (χ1v) is 6.31. The van der Waals surface area contributed by atoms with Crippen molar-refractivity contribution in [1.82, 2.24) is 5.16 Å². The molecule has 0 bridgehead atoms. The Labute approximate surface area is 126 Å². The number of anilines is 2. The summed E-state index contributed by atoms with van der Waals surface area (Å²) < 4.78 is 14.9. The Bertz CT molecular complexity index is 696.